The molecule has 0 heterocycles. The smallest absolute Gasteiger partial charge is 0.329 e. The van der Waals surface area contributed by atoms with Crippen molar-refractivity contribution in [3.63, 3.8) is 0 Å². The second-order valence-corrected chi connectivity index (χ2v) is 5.72. The first-order valence-corrected chi connectivity index (χ1v) is 8.38. The first-order chi connectivity index (χ1) is 11.0. The zero-order chi connectivity index (χ0) is 17.2. The zero-order valence-electron chi connectivity index (χ0n) is 13.2. The van der Waals surface area contributed by atoms with Gasteiger partial charge in [-0.15, -0.1) is 0 Å². The third-order valence-electron chi connectivity index (χ3n) is 3.07. The molecule has 0 fully saturated rings. The number of urea groups is 1. The Morgan fingerprint density at radius 1 is 1.30 bits per heavy atom. The number of hydrogen-bond acceptors (Lipinski definition) is 5. The van der Waals surface area contributed by atoms with Crippen molar-refractivity contribution < 1.29 is 19.1 Å². The Morgan fingerprint density at radius 3 is 2.52 bits per heavy atom. The molecule has 0 bridgehead atoms. The molecule has 1 aromatic rings. The Morgan fingerprint density at radius 2 is 1.96 bits per heavy atom. The van der Waals surface area contributed by atoms with Crippen molar-refractivity contribution in [1.29, 1.82) is 0 Å². The van der Waals surface area contributed by atoms with Crippen molar-refractivity contribution in [3.8, 4) is 0 Å². The first-order valence-electron chi connectivity index (χ1n) is 6.99. The summed E-state index contributed by atoms with van der Waals surface area (Å²) in [6, 6.07) is 7.34. The number of anilines is 1. The lowest BCUT2D eigenvalue weighted by Crippen LogP contribution is -2.45. The molecular weight excluding hydrogens is 318 g/mol. The number of nitrogens with two attached hydrogens (primary N) is 1. The number of para-hydroxylation sites is 1. The number of hydrogen-bond donors (Lipinski definition) is 2. The van der Waals surface area contributed by atoms with Crippen LogP contribution in [0.15, 0.2) is 30.3 Å². The number of primary amides is 1. The Labute approximate surface area is 139 Å². The fourth-order valence-electron chi connectivity index (χ4n) is 1.78. The van der Waals surface area contributed by atoms with Crippen LogP contribution < -0.4 is 16.0 Å². The van der Waals surface area contributed by atoms with Gasteiger partial charge in [0.15, 0.2) is 6.61 Å². The Hall–Kier alpha value is -2.22. The maximum Gasteiger partial charge on any atom is 0.329 e. The van der Waals surface area contributed by atoms with Crippen LogP contribution in [-0.2, 0) is 14.3 Å². The van der Waals surface area contributed by atoms with Gasteiger partial charge < -0.3 is 20.7 Å². The average molecular weight is 339 g/mol. The molecule has 3 amide bonds. The van der Waals surface area contributed by atoms with Gasteiger partial charge in [-0.2, -0.15) is 11.8 Å². The quantitative estimate of drug-likeness (QED) is 0.688. The van der Waals surface area contributed by atoms with Crippen LogP contribution >= 0.6 is 11.8 Å². The van der Waals surface area contributed by atoms with Gasteiger partial charge in [-0.25, -0.2) is 9.59 Å². The number of ether oxygens (including phenoxy) is 1. The molecule has 3 N–H and O–H groups in total. The molecule has 8 heteroatoms. The van der Waals surface area contributed by atoms with Gasteiger partial charge in [-0.1, -0.05) is 18.2 Å². The Bertz CT molecular complexity index is 539. The fourth-order valence-corrected chi connectivity index (χ4v) is 2.25. The summed E-state index contributed by atoms with van der Waals surface area (Å²) in [6.45, 7) is -0.402. The van der Waals surface area contributed by atoms with Crippen molar-refractivity contribution in [2.45, 2.75) is 12.5 Å². The van der Waals surface area contributed by atoms with Crippen molar-refractivity contribution >= 4 is 35.4 Å². The van der Waals surface area contributed by atoms with Crippen LogP contribution in [-0.4, -0.2) is 49.6 Å². The second-order valence-electron chi connectivity index (χ2n) is 4.74. The zero-order valence-corrected chi connectivity index (χ0v) is 14.0. The van der Waals surface area contributed by atoms with Crippen LogP contribution in [0.1, 0.15) is 6.42 Å². The van der Waals surface area contributed by atoms with E-state index in [1.807, 2.05) is 12.3 Å². The van der Waals surface area contributed by atoms with Crippen molar-refractivity contribution in [3.05, 3.63) is 30.3 Å². The summed E-state index contributed by atoms with van der Waals surface area (Å²) in [5, 5.41) is 2.33. The number of carbonyl (C=O) groups is 3. The normalized spacial score (nSPS) is 11.4. The molecule has 126 valence electrons. The second kappa shape index (κ2) is 9.73. The summed E-state index contributed by atoms with van der Waals surface area (Å²) < 4.78 is 5.00. The summed E-state index contributed by atoms with van der Waals surface area (Å²) in [5.74, 6) is -0.391. The number of thioether (sulfide) groups is 1. The van der Waals surface area contributed by atoms with Gasteiger partial charge >= 0.3 is 12.0 Å². The van der Waals surface area contributed by atoms with E-state index >= 15 is 0 Å². The summed E-state index contributed by atoms with van der Waals surface area (Å²) in [4.78, 5) is 36.3. The number of benzene rings is 1. The lowest BCUT2D eigenvalue weighted by Gasteiger charge is -2.19. The number of nitrogens with one attached hydrogen (secondary N) is 1. The van der Waals surface area contributed by atoms with E-state index in [9.17, 15) is 14.4 Å². The van der Waals surface area contributed by atoms with Gasteiger partial charge in [0.25, 0.3) is 5.91 Å². The molecule has 1 atom stereocenters. The highest BCUT2D eigenvalue weighted by Gasteiger charge is 2.22. The third-order valence-corrected chi connectivity index (χ3v) is 3.71. The molecule has 0 unspecified atom stereocenters. The van der Waals surface area contributed by atoms with Crippen LogP contribution in [0.2, 0.25) is 0 Å². The SMILES string of the molecule is CSCC[C@@H](NC(N)=O)C(=O)OCC(=O)N(C)c1ccccc1. The number of amides is 3. The molecule has 0 aromatic heterocycles. The first kappa shape index (κ1) is 18.8. The van der Waals surface area contributed by atoms with Gasteiger partial charge in [0.1, 0.15) is 6.04 Å². The standard InChI is InChI=1S/C15H21N3O4S/c1-18(11-6-4-3-5-7-11)13(19)10-22-14(20)12(8-9-23-2)17-15(16)21/h3-7,12H,8-10H2,1-2H3,(H3,16,17,21)/t12-/m1/s1. The monoisotopic (exact) mass is 339 g/mol. The van der Waals surface area contributed by atoms with E-state index in [0.717, 1.165) is 0 Å². The van der Waals surface area contributed by atoms with Crippen LogP contribution in [0.4, 0.5) is 10.5 Å². The van der Waals surface area contributed by atoms with Gasteiger partial charge in [0.2, 0.25) is 0 Å². The Balaban J connectivity index is 2.55. The molecule has 0 saturated heterocycles. The van der Waals surface area contributed by atoms with E-state index in [0.29, 0.717) is 17.9 Å². The van der Waals surface area contributed by atoms with E-state index in [-0.39, 0.29) is 5.91 Å². The van der Waals surface area contributed by atoms with Gasteiger partial charge in [-0.3, -0.25) is 4.79 Å². The van der Waals surface area contributed by atoms with E-state index in [1.54, 1.807) is 31.3 Å². The molecule has 1 aromatic carbocycles. The van der Waals surface area contributed by atoms with Gasteiger partial charge in [-0.05, 0) is 30.6 Å². The predicted molar refractivity (Wildman–Crippen MR) is 90.3 cm³/mol. The molecule has 1 rings (SSSR count). The lowest BCUT2D eigenvalue weighted by atomic mass is 10.2. The summed E-state index contributed by atoms with van der Waals surface area (Å²) in [5.41, 5.74) is 5.74. The van der Waals surface area contributed by atoms with Crippen LogP contribution in [0.5, 0.6) is 0 Å². The number of carbonyl (C=O) groups excluding carboxylic acids is 3. The fraction of sp³-hybridized carbons (Fsp3) is 0.400. The van der Waals surface area contributed by atoms with E-state index in [1.165, 1.54) is 16.7 Å². The summed E-state index contributed by atoms with van der Waals surface area (Å²) in [7, 11) is 1.60. The summed E-state index contributed by atoms with van der Waals surface area (Å²) >= 11 is 1.53. The predicted octanol–water partition coefficient (Wildman–Crippen LogP) is 0.983. The minimum atomic E-state index is -0.852. The van der Waals surface area contributed by atoms with E-state index < -0.39 is 24.6 Å². The van der Waals surface area contributed by atoms with Crippen molar-refractivity contribution in [2.75, 3.05) is 30.6 Å². The topological polar surface area (TPSA) is 102 Å². The number of nitrogens with zero attached hydrogens (tertiary/aromatic N) is 1. The Kier molecular flexibility index (Phi) is 7.96. The number of likely N-dealkylation sites (N-methyl/N-ethyl adjacent to an activating group) is 1. The van der Waals surface area contributed by atoms with Crippen molar-refractivity contribution in [2.24, 2.45) is 5.73 Å². The maximum absolute atomic E-state index is 12.0. The molecule has 0 aliphatic carbocycles. The lowest BCUT2D eigenvalue weighted by molar-refractivity contribution is -0.149. The van der Waals surface area contributed by atoms with E-state index in [2.05, 4.69) is 5.32 Å². The maximum atomic E-state index is 12.0. The average Bonchev–Trinajstić information content (AvgIpc) is 2.55. The summed E-state index contributed by atoms with van der Waals surface area (Å²) in [6.07, 6.45) is 2.26. The van der Waals surface area contributed by atoms with E-state index in [4.69, 9.17) is 10.5 Å². The molecule has 0 radical (unpaired) electrons. The minimum absolute atomic E-state index is 0.368. The van der Waals surface area contributed by atoms with Crippen LogP contribution in [0.25, 0.3) is 0 Å². The van der Waals surface area contributed by atoms with Gasteiger partial charge in [0.05, 0.1) is 0 Å². The third kappa shape index (κ3) is 6.60. The van der Waals surface area contributed by atoms with Crippen molar-refractivity contribution in [1.82, 2.24) is 5.32 Å². The largest absolute Gasteiger partial charge is 0.454 e. The highest BCUT2D eigenvalue weighted by Crippen LogP contribution is 2.11. The molecule has 0 aliphatic rings. The molecule has 7 nitrogen and oxygen atoms in total. The molecule has 0 aliphatic heterocycles. The molecular formula is C15H21N3O4S. The van der Waals surface area contributed by atoms with Crippen LogP contribution in [0.3, 0.4) is 0 Å². The molecule has 23 heavy (non-hydrogen) atoms. The number of esters is 1. The number of rotatable bonds is 8. The molecule has 0 spiro atoms. The minimum Gasteiger partial charge on any atom is -0.454 e. The van der Waals surface area contributed by atoms with Gasteiger partial charge in [0, 0.05) is 12.7 Å². The highest BCUT2D eigenvalue weighted by atomic mass is 32.2. The highest BCUT2D eigenvalue weighted by molar-refractivity contribution is 7.98. The molecule has 0 saturated carbocycles. The van der Waals surface area contributed by atoms with Crippen LogP contribution in [0, 0.1) is 0 Å².